The Hall–Kier alpha value is -0.890. The Balaban J connectivity index is 1.72. The van der Waals surface area contributed by atoms with Crippen LogP contribution >= 0.6 is 0 Å². The summed E-state index contributed by atoms with van der Waals surface area (Å²) in [5.41, 5.74) is 2.57. The van der Waals surface area contributed by atoms with Crippen molar-refractivity contribution in [3.05, 3.63) is 29.6 Å². The minimum absolute atomic E-state index is 0.440. The number of nitrogens with one attached hydrogen (secondary N) is 1. The first-order chi connectivity index (χ1) is 8.78. The second kappa shape index (κ2) is 5.00. The second-order valence-corrected chi connectivity index (χ2v) is 6.22. The molecule has 0 spiro atoms. The van der Waals surface area contributed by atoms with Crippen LogP contribution in [0.2, 0.25) is 0 Å². The van der Waals surface area contributed by atoms with Gasteiger partial charge in [-0.3, -0.25) is 4.98 Å². The summed E-state index contributed by atoms with van der Waals surface area (Å²) >= 11 is 0. The van der Waals surface area contributed by atoms with E-state index in [1.54, 1.807) is 0 Å². The van der Waals surface area contributed by atoms with Crippen molar-refractivity contribution in [3.63, 3.8) is 0 Å². The van der Waals surface area contributed by atoms with Gasteiger partial charge in [0.25, 0.3) is 0 Å². The molecular formula is C16H24N2. The zero-order chi connectivity index (χ0) is 12.5. The fraction of sp³-hybridized carbons (Fsp3) is 0.688. The van der Waals surface area contributed by atoms with Gasteiger partial charge in [-0.1, -0.05) is 12.5 Å². The third kappa shape index (κ3) is 2.18. The predicted octanol–water partition coefficient (Wildman–Crippen LogP) is 3.48. The Morgan fingerprint density at radius 1 is 1.39 bits per heavy atom. The van der Waals surface area contributed by atoms with Crippen molar-refractivity contribution >= 4 is 0 Å². The number of hydrogen-bond donors (Lipinski definition) is 1. The van der Waals surface area contributed by atoms with Crippen molar-refractivity contribution < 1.29 is 0 Å². The number of rotatable bonds is 4. The van der Waals surface area contributed by atoms with Gasteiger partial charge in [-0.25, -0.2) is 0 Å². The molecule has 0 aliphatic heterocycles. The van der Waals surface area contributed by atoms with E-state index in [2.05, 4.69) is 30.3 Å². The third-order valence-corrected chi connectivity index (χ3v) is 5.15. The zero-order valence-electron chi connectivity index (χ0n) is 11.5. The fourth-order valence-corrected chi connectivity index (χ4v) is 4.20. The molecule has 0 amide bonds. The summed E-state index contributed by atoms with van der Waals surface area (Å²) in [5.74, 6) is 2.99. The first-order valence-corrected chi connectivity index (χ1v) is 7.36. The first kappa shape index (κ1) is 12.2. The van der Waals surface area contributed by atoms with Crippen LogP contribution in [0.1, 0.15) is 49.4 Å². The average molecular weight is 244 g/mol. The van der Waals surface area contributed by atoms with Crippen molar-refractivity contribution in [3.8, 4) is 0 Å². The fourth-order valence-electron chi connectivity index (χ4n) is 4.20. The number of pyridine rings is 1. The molecule has 2 saturated carbocycles. The molecule has 4 atom stereocenters. The van der Waals surface area contributed by atoms with E-state index < -0.39 is 0 Å². The van der Waals surface area contributed by atoms with E-state index in [9.17, 15) is 0 Å². The Bertz CT molecular complexity index is 415. The zero-order valence-corrected chi connectivity index (χ0v) is 11.5. The minimum atomic E-state index is 0.440. The molecule has 2 heteroatoms. The van der Waals surface area contributed by atoms with E-state index >= 15 is 0 Å². The van der Waals surface area contributed by atoms with E-state index in [0.29, 0.717) is 6.04 Å². The van der Waals surface area contributed by atoms with E-state index in [4.69, 9.17) is 0 Å². The molecule has 3 rings (SSSR count). The molecule has 2 aliphatic carbocycles. The molecule has 0 saturated heterocycles. The van der Waals surface area contributed by atoms with Crippen LogP contribution in [0.4, 0.5) is 0 Å². The maximum absolute atomic E-state index is 4.59. The van der Waals surface area contributed by atoms with Gasteiger partial charge < -0.3 is 5.32 Å². The molecule has 18 heavy (non-hydrogen) atoms. The van der Waals surface area contributed by atoms with Gasteiger partial charge >= 0.3 is 0 Å². The lowest BCUT2D eigenvalue weighted by molar-refractivity contribution is 0.282. The van der Waals surface area contributed by atoms with E-state index in [0.717, 1.165) is 17.8 Å². The molecule has 1 aromatic heterocycles. The Labute approximate surface area is 110 Å². The number of aryl methyl sites for hydroxylation is 1. The van der Waals surface area contributed by atoms with Gasteiger partial charge in [-0.05, 0) is 69.0 Å². The van der Waals surface area contributed by atoms with Gasteiger partial charge in [0.1, 0.15) is 0 Å². The van der Waals surface area contributed by atoms with Crippen LogP contribution in [0.5, 0.6) is 0 Å². The summed E-state index contributed by atoms with van der Waals surface area (Å²) in [6.45, 7) is 2.17. The molecule has 0 radical (unpaired) electrons. The van der Waals surface area contributed by atoms with Gasteiger partial charge in [0.05, 0.1) is 5.69 Å². The quantitative estimate of drug-likeness (QED) is 0.877. The Kier molecular flexibility index (Phi) is 3.38. The summed E-state index contributed by atoms with van der Waals surface area (Å²) < 4.78 is 0. The predicted molar refractivity (Wildman–Crippen MR) is 74.3 cm³/mol. The van der Waals surface area contributed by atoms with Crippen LogP contribution < -0.4 is 5.32 Å². The highest BCUT2D eigenvalue weighted by Crippen LogP contribution is 2.50. The normalized spacial score (nSPS) is 31.8. The molecule has 4 unspecified atom stereocenters. The van der Waals surface area contributed by atoms with Gasteiger partial charge in [0.2, 0.25) is 0 Å². The maximum Gasteiger partial charge on any atom is 0.0602 e. The van der Waals surface area contributed by atoms with Crippen molar-refractivity contribution in [1.29, 1.82) is 0 Å². The van der Waals surface area contributed by atoms with Crippen molar-refractivity contribution in [2.75, 3.05) is 7.05 Å². The number of aromatic nitrogens is 1. The molecule has 1 N–H and O–H groups in total. The summed E-state index contributed by atoms with van der Waals surface area (Å²) in [5, 5.41) is 3.48. The standard InChI is InChI=1S/C16H24N2/c1-11-4-3-7-18-16(11)15(17-2)10-14-9-12-5-6-13(14)8-12/h3-4,7,12-15,17H,5-6,8-10H2,1-2H3. The lowest BCUT2D eigenvalue weighted by Gasteiger charge is -2.27. The molecule has 2 fully saturated rings. The van der Waals surface area contributed by atoms with Crippen LogP contribution in [0.3, 0.4) is 0 Å². The monoisotopic (exact) mass is 244 g/mol. The van der Waals surface area contributed by atoms with E-state index in [-0.39, 0.29) is 0 Å². The molecule has 2 aliphatic rings. The van der Waals surface area contributed by atoms with Crippen LogP contribution in [-0.4, -0.2) is 12.0 Å². The summed E-state index contributed by atoms with van der Waals surface area (Å²) in [6, 6.07) is 4.65. The van der Waals surface area contributed by atoms with Crippen LogP contribution in [-0.2, 0) is 0 Å². The molecule has 1 aromatic rings. The van der Waals surface area contributed by atoms with Gasteiger partial charge in [0.15, 0.2) is 0 Å². The van der Waals surface area contributed by atoms with Crippen molar-refractivity contribution in [2.45, 2.75) is 45.1 Å². The summed E-state index contributed by atoms with van der Waals surface area (Å²) in [6.07, 6.45) is 9.14. The van der Waals surface area contributed by atoms with Crippen LogP contribution in [0.25, 0.3) is 0 Å². The SMILES string of the molecule is CNC(CC1CC2CCC1C2)c1ncccc1C. The number of fused-ring (bicyclic) bond motifs is 2. The largest absolute Gasteiger partial charge is 0.312 e. The van der Waals surface area contributed by atoms with E-state index in [1.165, 1.54) is 43.4 Å². The molecule has 2 nitrogen and oxygen atoms in total. The van der Waals surface area contributed by atoms with Gasteiger partial charge in [0, 0.05) is 12.2 Å². The van der Waals surface area contributed by atoms with Gasteiger partial charge in [-0.2, -0.15) is 0 Å². The first-order valence-electron chi connectivity index (χ1n) is 7.36. The van der Waals surface area contributed by atoms with Gasteiger partial charge in [-0.15, -0.1) is 0 Å². The van der Waals surface area contributed by atoms with Crippen LogP contribution in [0.15, 0.2) is 18.3 Å². The lowest BCUT2D eigenvalue weighted by atomic mass is 9.83. The maximum atomic E-state index is 4.59. The topological polar surface area (TPSA) is 24.9 Å². The number of nitrogens with zero attached hydrogens (tertiary/aromatic N) is 1. The third-order valence-electron chi connectivity index (χ3n) is 5.15. The number of hydrogen-bond acceptors (Lipinski definition) is 2. The highest BCUT2D eigenvalue weighted by Gasteiger charge is 2.40. The molecule has 98 valence electrons. The average Bonchev–Trinajstić information content (AvgIpc) is 2.99. The van der Waals surface area contributed by atoms with Crippen molar-refractivity contribution in [2.24, 2.45) is 17.8 Å². The molecule has 0 aromatic carbocycles. The molecule has 2 bridgehead atoms. The molecular weight excluding hydrogens is 220 g/mol. The Morgan fingerprint density at radius 2 is 2.28 bits per heavy atom. The summed E-state index contributed by atoms with van der Waals surface area (Å²) in [7, 11) is 2.08. The highest BCUT2D eigenvalue weighted by molar-refractivity contribution is 5.21. The molecule has 1 heterocycles. The van der Waals surface area contributed by atoms with Crippen molar-refractivity contribution in [1.82, 2.24) is 10.3 Å². The lowest BCUT2D eigenvalue weighted by Crippen LogP contribution is -2.24. The minimum Gasteiger partial charge on any atom is -0.312 e. The highest BCUT2D eigenvalue weighted by atomic mass is 14.9. The van der Waals surface area contributed by atoms with Crippen LogP contribution in [0, 0.1) is 24.7 Å². The summed E-state index contributed by atoms with van der Waals surface area (Å²) in [4.78, 5) is 4.59. The van der Waals surface area contributed by atoms with E-state index in [1.807, 2.05) is 12.3 Å². The smallest absolute Gasteiger partial charge is 0.0602 e. The Morgan fingerprint density at radius 3 is 2.89 bits per heavy atom. The second-order valence-electron chi connectivity index (χ2n) is 6.22.